The Morgan fingerprint density at radius 1 is 1.19 bits per heavy atom. The van der Waals surface area contributed by atoms with Crippen LogP contribution >= 0.6 is 0 Å². The van der Waals surface area contributed by atoms with Crippen molar-refractivity contribution in [3.05, 3.63) is 41.9 Å². The Kier molecular flexibility index (Phi) is 4.76. The molecule has 6 nitrogen and oxygen atoms in total. The van der Waals surface area contributed by atoms with Crippen molar-refractivity contribution in [2.75, 3.05) is 11.4 Å². The number of rotatable bonds is 4. The monoisotopic (exact) mass is 352 g/mol. The molecule has 0 saturated carbocycles. The van der Waals surface area contributed by atoms with Crippen LogP contribution in [0, 0.1) is 0 Å². The number of ketones is 1. The first-order valence-corrected chi connectivity index (χ1v) is 8.79. The lowest BCUT2D eigenvalue weighted by molar-refractivity contribution is -0.118. The van der Waals surface area contributed by atoms with Gasteiger partial charge < -0.3 is 5.73 Å². The summed E-state index contributed by atoms with van der Waals surface area (Å²) in [5, 5.41) is 0. The lowest BCUT2D eigenvalue weighted by Crippen LogP contribution is -2.40. The van der Waals surface area contributed by atoms with E-state index in [2.05, 4.69) is 22.1 Å². The van der Waals surface area contributed by atoms with E-state index < -0.39 is 6.03 Å². The number of nitrogens with zero attached hydrogens (tertiary/aromatic N) is 3. The average molecular weight is 352 g/mol. The maximum atomic E-state index is 11.6. The van der Waals surface area contributed by atoms with E-state index in [4.69, 9.17) is 5.73 Å². The number of urea groups is 1. The number of aromatic nitrogens is 2. The number of pyridine rings is 2. The van der Waals surface area contributed by atoms with Gasteiger partial charge in [-0.1, -0.05) is 13.8 Å². The zero-order chi connectivity index (χ0) is 18.9. The van der Waals surface area contributed by atoms with Crippen LogP contribution in [0.25, 0.3) is 11.1 Å². The zero-order valence-corrected chi connectivity index (χ0v) is 15.5. The molecule has 0 aliphatic carbocycles. The number of primary amides is 1. The van der Waals surface area contributed by atoms with Crippen molar-refractivity contribution in [1.82, 2.24) is 9.97 Å². The highest BCUT2D eigenvalue weighted by molar-refractivity contribution is 5.91. The number of nitrogens with two attached hydrogens (primary N) is 1. The second-order valence-corrected chi connectivity index (χ2v) is 7.53. The van der Waals surface area contributed by atoms with Gasteiger partial charge in [-0.05, 0) is 48.4 Å². The van der Waals surface area contributed by atoms with Crippen LogP contribution in [0.5, 0.6) is 0 Å². The predicted octanol–water partition coefficient (Wildman–Crippen LogP) is 3.23. The molecule has 0 saturated heterocycles. The molecule has 0 aromatic carbocycles. The van der Waals surface area contributed by atoms with Crippen LogP contribution in [0.1, 0.15) is 44.7 Å². The molecule has 0 spiro atoms. The van der Waals surface area contributed by atoms with E-state index in [-0.39, 0.29) is 11.2 Å². The molecule has 0 bridgehead atoms. The Bertz CT molecular complexity index is 861. The molecule has 6 heteroatoms. The van der Waals surface area contributed by atoms with Crippen molar-refractivity contribution in [3.8, 4) is 11.1 Å². The fourth-order valence-corrected chi connectivity index (χ4v) is 3.53. The Labute approximate surface area is 153 Å². The van der Waals surface area contributed by atoms with Crippen molar-refractivity contribution in [1.29, 1.82) is 0 Å². The molecule has 2 aromatic heterocycles. The summed E-state index contributed by atoms with van der Waals surface area (Å²) in [6, 6.07) is 3.64. The highest BCUT2D eigenvalue weighted by atomic mass is 16.2. The lowest BCUT2D eigenvalue weighted by atomic mass is 9.80. The summed E-state index contributed by atoms with van der Waals surface area (Å²) >= 11 is 0. The van der Waals surface area contributed by atoms with E-state index in [0.29, 0.717) is 18.8 Å². The molecule has 2 amide bonds. The topological polar surface area (TPSA) is 89.2 Å². The minimum absolute atomic E-state index is 0.155. The largest absolute Gasteiger partial charge is 0.351 e. The smallest absolute Gasteiger partial charge is 0.320 e. The van der Waals surface area contributed by atoms with Gasteiger partial charge in [0.05, 0.1) is 0 Å². The van der Waals surface area contributed by atoms with Gasteiger partial charge in [-0.2, -0.15) is 0 Å². The van der Waals surface area contributed by atoms with Crippen LogP contribution in [0.15, 0.2) is 30.7 Å². The normalized spacial score (nSPS) is 14.0. The molecule has 0 fully saturated rings. The molecule has 1 aliphatic rings. The molecule has 26 heavy (non-hydrogen) atoms. The Balaban J connectivity index is 1.97. The van der Waals surface area contributed by atoms with Gasteiger partial charge in [0.15, 0.2) is 0 Å². The molecule has 136 valence electrons. The summed E-state index contributed by atoms with van der Waals surface area (Å²) in [4.78, 5) is 33.5. The van der Waals surface area contributed by atoms with Gasteiger partial charge in [-0.3, -0.25) is 14.7 Å². The van der Waals surface area contributed by atoms with Gasteiger partial charge in [0.2, 0.25) is 0 Å². The van der Waals surface area contributed by atoms with Gasteiger partial charge in [0.25, 0.3) is 0 Å². The lowest BCUT2D eigenvalue weighted by Gasteiger charge is -2.27. The van der Waals surface area contributed by atoms with Gasteiger partial charge in [-0.15, -0.1) is 0 Å². The van der Waals surface area contributed by atoms with Crippen LogP contribution in [0.4, 0.5) is 10.6 Å². The van der Waals surface area contributed by atoms with Crippen LogP contribution in [0.3, 0.4) is 0 Å². The van der Waals surface area contributed by atoms with Crippen molar-refractivity contribution in [2.45, 2.75) is 45.4 Å². The molecule has 0 radical (unpaired) electrons. The summed E-state index contributed by atoms with van der Waals surface area (Å²) in [6.45, 7) is 6.30. The number of aryl methyl sites for hydroxylation is 1. The van der Waals surface area contributed by atoms with E-state index in [0.717, 1.165) is 35.1 Å². The Morgan fingerprint density at radius 2 is 1.92 bits per heavy atom. The number of fused-ring (bicyclic) bond motifs is 1. The maximum absolute atomic E-state index is 11.6. The third kappa shape index (κ3) is 3.59. The summed E-state index contributed by atoms with van der Waals surface area (Å²) in [7, 11) is 0. The summed E-state index contributed by atoms with van der Waals surface area (Å²) < 4.78 is 0. The molecule has 0 unspecified atom stereocenters. The number of carbonyl (C=O) groups is 2. The first-order valence-electron chi connectivity index (χ1n) is 8.79. The van der Waals surface area contributed by atoms with E-state index in [1.165, 1.54) is 4.90 Å². The van der Waals surface area contributed by atoms with Crippen LogP contribution < -0.4 is 10.6 Å². The molecule has 2 N–H and O–H groups in total. The maximum Gasteiger partial charge on any atom is 0.320 e. The molecule has 3 heterocycles. The zero-order valence-electron chi connectivity index (χ0n) is 15.5. The third-order valence-corrected chi connectivity index (χ3v) is 4.84. The van der Waals surface area contributed by atoms with E-state index in [1.807, 2.05) is 20.0 Å². The fourth-order valence-electron chi connectivity index (χ4n) is 3.53. The van der Waals surface area contributed by atoms with E-state index >= 15 is 0 Å². The van der Waals surface area contributed by atoms with Crippen molar-refractivity contribution >= 4 is 17.6 Å². The Hall–Kier alpha value is -2.76. The number of hydrogen-bond acceptors (Lipinski definition) is 4. The van der Waals surface area contributed by atoms with E-state index in [1.54, 1.807) is 19.3 Å². The number of amides is 2. The highest BCUT2D eigenvalue weighted by Crippen LogP contribution is 2.32. The van der Waals surface area contributed by atoms with Crippen molar-refractivity contribution < 1.29 is 9.59 Å². The first-order chi connectivity index (χ1) is 12.3. The van der Waals surface area contributed by atoms with Gasteiger partial charge in [0.1, 0.15) is 11.6 Å². The fraction of sp³-hybridized carbons (Fsp3) is 0.400. The highest BCUT2D eigenvalue weighted by Gasteiger charge is 2.25. The van der Waals surface area contributed by atoms with Crippen molar-refractivity contribution in [2.24, 2.45) is 5.73 Å². The summed E-state index contributed by atoms with van der Waals surface area (Å²) in [5.41, 5.74) is 9.10. The van der Waals surface area contributed by atoms with Crippen molar-refractivity contribution in [3.63, 3.8) is 0 Å². The summed E-state index contributed by atoms with van der Waals surface area (Å²) in [6.07, 6.45) is 7.56. The molecule has 1 aliphatic heterocycles. The standard InChI is InChI=1S/C20H24N4O2/c1-13(25)9-20(2,3)17-8-16(10-22-12-17)15-7-14-5-4-6-24(19(21)26)18(14)23-11-15/h7-8,10-12H,4-6,9H2,1-3H3,(H2,21,26). The third-order valence-electron chi connectivity index (χ3n) is 4.84. The van der Waals surface area contributed by atoms with Crippen LogP contribution in [-0.4, -0.2) is 28.3 Å². The van der Waals surface area contributed by atoms with Crippen LogP contribution in [0.2, 0.25) is 0 Å². The van der Waals surface area contributed by atoms with Crippen LogP contribution in [-0.2, 0) is 16.6 Å². The minimum Gasteiger partial charge on any atom is -0.351 e. The SMILES string of the molecule is CC(=O)CC(C)(C)c1cncc(-c2cnc3c(c2)CCCN3C(N)=O)c1. The van der Waals surface area contributed by atoms with E-state index in [9.17, 15) is 9.59 Å². The minimum atomic E-state index is -0.471. The first kappa shape index (κ1) is 18.0. The molecular formula is C20H24N4O2. The van der Waals surface area contributed by atoms with Gasteiger partial charge >= 0.3 is 6.03 Å². The molecule has 2 aromatic rings. The number of anilines is 1. The molecular weight excluding hydrogens is 328 g/mol. The number of hydrogen-bond donors (Lipinski definition) is 1. The van der Waals surface area contributed by atoms with Gasteiger partial charge in [-0.25, -0.2) is 9.78 Å². The Morgan fingerprint density at radius 3 is 2.62 bits per heavy atom. The molecule has 0 atom stereocenters. The average Bonchev–Trinajstić information content (AvgIpc) is 2.59. The van der Waals surface area contributed by atoms with Gasteiger partial charge in [0, 0.05) is 42.7 Å². The predicted molar refractivity (Wildman–Crippen MR) is 101 cm³/mol. The molecule has 3 rings (SSSR count). The number of Topliss-reactive ketones (excluding diaryl/α,β-unsaturated/α-hetero) is 1. The quantitative estimate of drug-likeness (QED) is 0.915. The second kappa shape index (κ2) is 6.86. The number of carbonyl (C=O) groups excluding carboxylic acids is 2. The summed E-state index contributed by atoms with van der Waals surface area (Å²) in [5.74, 6) is 0.802. The second-order valence-electron chi connectivity index (χ2n) is 7.53.